The van der Waals surface area contributed by atoms with Crippen LogP contribution in [-0.2, 0) is 11.8 Å². The fraction of sp³-hybridized carbons (Fsp3) is 0.421. The number of nitrogens with one attached hydrogen (secondary N) is 1. The average Bonchev–Trinajstić information content (AvgIpc) is 3.35. The third-order valence-corrected chi connectivity index (χ3v) is 5.75. The Balaban J connectivity index is 1.54. The second kappa shape index (κ2) is 8.74. The number of nitrogens with zero attached hydrogens (tertiary/aromatic N) is 6. The van der Waals surface area contributed by atoms with E-state index in [1.165, 1.54) is 11.8 Å². The number of benzene rings is 1. The molecule has 1 aliphatic carbocycles. The lowest BCUT2D eigenvalue weighted by atomic mass is 10.0. The number of imidazole rings is 1. The lowest BCUT2D eigenvalue weighted by Gasteiger charge is -2.20. The summed E-state index contributed by atoms with van der Waals surface area (Å²) in [6.07, 6.45) is 5.68. The van der Waals surface area contributed by atoms with Crippen LogP contribution in [0.5, 0.6) is 11.5 Å². The summed E-state index contributed by atoms with van der Waals surface area (Å²) in [5.74, 6) is 2.01. The first-order valence-corrected chi connectivity index (χ1v) is 10.5. The summed E-state index contributed by atoms with van der Waals surface area (Å²) in [4.78, 5) is 17.3. The van der Waals surface area contributed by atoms with E-state index in [9.17, 15) is 4.79 Å². The van der Waals surface area contributed by atoms with Crippen molar-refractivity contribution in [3.63, 3.8) is 0 Å². The van der Waals surface area contributed by atoms with Crippen LogP contribution in [0.25, 0.3) is 0 Å². The zero-order valence-electron chi connectivity index (χ0n) is 17.0. The van der Waals surface area contributed by atoms with Crippen LogP contribution in [0.4, 0.5) is 0 Å². The monoisotopic (exact) mass is 429 g/mol. The lowest BCUT2D eigenvalue weighted by molar-refractivity contribution is -0.119. The normalized spacial score (nSPS) is 14.4. The molecule has 1 unspecified atom stereocenters. The van der Waals surface area contributed by atoms with Gasteiger partial charge in [0.1, 0.15) is 23.4 Å². The second-order valence-corrected chi connectivity index (χ2v) is 7.91. The number of rotatable bonds is 9. The smallest absolute Gasteiger partial charge is 0.231 e. The molecule has 11 heteroatoms. The Bertz CT molecular complexity index is 1010. The molecule has 2 heterocycles. The molecule has 1 aromatic carbocycles. The van der Waals surface area contributed by atoms with Gasteiger partial charge in [0.05, 0.1) is 26.0 Å². The maximum absolute atomic E-state index is 12.8. The van der Waals surface area contributed by atoms with Gasteiger partial charge < -0.3 is 19.4 Å². The number of hydrogen-bond donors (Lipinski definition) is 1. The van der Waals surface area contributed by atoms with E-state index in [1.54, 1.807) is 31.2 Å². The van der Waals surface area contributed by atoms with Crippen molar-refractivity contribution in [1.29, 1.82) is 0 Å². The quantitative estimate of drug-likeness (QED) is 0.513. The fourth-order valence-electron chi connectivity index (χ4n) is 3.11. The molecule has 1 saturated carbocycles. The number of carbonyl (C=O) groups excluding carboxylic acids is 1. The van der Waals surface area contributed by atoms with E-state index in [0.717, 1.165) is 18.4 Å². The number of hydrogen-bond acceptors (Lipinski definition) is 8. The van der Waals surface area contributed by atoms with Crippen molar-refractivity contribution >= 4 is 17.7 Å². The van der Waals surface area contributed by atoms with Gasteiger partial charge in [-0.2, -0.15) is 0 Å². The van der Waals surface area contributed by atoms with Gasteiger partial charge in [-0.15, -0.1) is 5.10 Å². The average molecular weight is 430 g/mol. The topological polar surface area (TPSA) is 109 Å². The Kier molecular flexibility index (Phi) is 5.88. The molecule has 30 heavy (non-hydrogen) atoms. The van der Waals surface area contributed by atoms with Crippen LogP contribution in [0, 0.1) is 0 Å². The summed E-state index contributed by atoms with van der Waals surface area (Å²) in [5.41, 5.74) is 0.807. The van der Waals surface area contributed by atoms with Gasteiger partial charge in [0.15, 0.2) is 0 Å². The number of tetrazole rings is 1. The molecule has 4 rings (SSSR count). The van der Waals surface area contributed by atoms with Gasteiger partial charge in [0, 0.05) is 25.5 Å². The summed E-state index contributed by atoms with van der Waals surface area (Å²) in [6, 6.07) is 5.40. The Morgan fingerprint density at radius 3 is 2.60 bits per heavy atom. The van der Waals surface area contributed by atoms with Crippen LogP contribution in [-0.4, -0.2) is 55.6 Å². The van der Waals surface area contributed by atoms with E-state index in [4.69, 9.17) is 9.47 Å². The molecule has 10 nitrogen and oxygen atoms in total. The minimum absolute atomic E-state index is 0.153. The molecule has 0 bridgehead atoms. The van der Waals surface area contributed by atoms with E-state index >= 15 is 0 Å². The molecule has 1 N–H and O–H groups in total. The predicted octanol–water partition coefficient (Wildman–Crippen LogP) is 1.76. The van der Waals surface area contributed by atoms with Gasteiger partial charge in [0.2, 0.25) is 11.1 Å². The number of amides is 1. The Labute approximate surface area is 178 Å². The molecule has 1 amide bonds. The molecular weight excluding hydrogens is 406 g/mol. The Hall–Kier alpha value is -3.08. The number of ether oxygens (including phenoxy) is 2. The largest absolute Gasteiger partial charge is 0.497 e. The first kappa shape index (κ1) is 20.2. The second-order valence-electron chi connectivity index (χ2n) is 6.97. The van der Waals surface area contributed by atoms with Gasteiger partial charge in [0.25, 0.3) is 0 Å². The number of aromatic nitrogens is 6. The van der Waals surface area contributed by atoms with Crippen molar-refractivity contribution in [3.05, 3.63) is 42.0 Å². The van der Waals surface area contributed by atoms with Crippen molar-refractivity contribution in [3.8, 4) is 11.5 Å². The maximum atomic E-state index is 12.8. The first-order valence-electron chi connectivity index (χ1n) is 9.49. The number of aryl methyl sites for hydroxylation is 1. The van der Waals surface area contributed by atoms with Crippen molar-refractivity contribution in [2.24, 2.45) is 7.05 Å². The number of methoxy groups -OCH3 is 2. The van der Waals surface area contributed by atoms with E-state index in [0.29, 0.717) is 28.5 Å². The van der Waals surface area contributed by atoms with E-state index in [1.807, 2.05) is 29.9 Å². The van der Waals surface area contributed by atoms with E-state index < -0.39 is 6.04 Å². The van der Waals surface area contributed by atoms with Gasteiger partial charge in [-0.25, -0.2) is 9.67 Å². The molecule has 0 spiro atoms. The minimum atomic E-state index is -0.471. The standard InChI is InChI=1S/C19H23N7O3S/c1-25-7-6-20-18(25)17(12-8-14(28-2)10-15(9-12)29-3)21-16(27)11-30-19-22-23-24-26(19)13-4-5-13/h6-10,13,17H,4-5,11H2,1-3H3,(H,21,27). The summed E-state index contributed by atoms with van der Waals surface area (Å²) in [7, 11) is 5.07. The van der Waals surface area contributed by atoms with Crippen molar-refractivity contribution in [2.45, 2.75) is 30.1 Å². The van der Waals surface area contributed by atoms with Crippen LogP contribution >= 0.6 is 11.8 Å². The third kappa shape index (κ3) is 4.40. The molecule has 0 aliphatic heterocycles. The highest BCUT2D eigenvalue weighted by atomic mass is 32.2. The van der Waals surface area contributed by atoms with Crippen LogP contribution in [0.15, 0.2) is 35.7 Å². The van der Waals surface area contributed by atoms with Crippen LogP contribution in [0.2, 0.25) is 0 Å². The van der Waals surface area contributed by atoms with Crippen LogP contribution in [0.3, 0.4) is 0 Å². The predicted molar refractivity (Wildman–Crippen MR) is 110 cm³/mol. The lowest BCUT2D eigenvalue weighted by Crippen LogP contribution is -2.32. The van der Waals surface area contributed by atoms with Crippen molar-refractivity contribution < 1.29 is 14.3 Å². The Morgan fingerprint density at radius 1 is 1.27 bits per heavy atom. The van der Waals surface area contributed by atoms with Crippen LogP contribution < -0.4 is 14.8 Å². The molecule has 2 aromatic heterocycles. The summed E-state index contributed by atoms with van der Waals surface area (Å²) < 4.78 is 14.4. The molecule has 1 atom stereocenters. The van der Waals surface area contributed by atoms with E-state index in [-0.39, 0.29) is 11.7 Å². The van der Waals surface area contributed by atoms with Gasteiger partial charge >= 0.3 is 0 Å². The zero-order valence-corrected chi connectivity index (χ0v) is 17.8. The van der Waals surface area contributed by atoms with Gasteiger partial charge in [-0.1, -0.05) is 11.8 Å². The van der Waals surface area contributed by atoms with Crippen LogP contribution in [0.1, 0.15) is 36.3 Å². The molecule has 0 radical (unpaired) electrons. The number of carbonyl (C=O) groups is 1. The molecule has 1 fully saturated rings. The molecular formula is C19H23N7O3S. The summed E-state index contributed by atoms with van der Waals surface area (Å²) in [6.45, 7) is 0. The highest BCUT2D eigenvalue weighted by molar-refractivity contribution is 7.99. The Morgan fingerprint density at radius 2 is 2.00 bits per heavy atom. The summed E-state index contributed by atoms with van der Waals surface area (Å²) in [5, 5.41) is 15.5. The molecule has 0 saturated heterocycles. The summed E-state index contributed by atoms with van der Waals surface area (Å²) >= 11 is 1.32. The zero-order chi connectivity index (χ0) is 21.1. The third-order valence-electron chi connectivity index (χ3n) is 4.82. The van der Waals surface area contributed by atoms with E-state index in [2.05, 4.69) is 25.8 Å². The number of thioether (sulfide) groups is 1. The molecule has 1 aliphatic rings. The SMILES string of the molecule is COc1cc(OC)cc(C(NC(=O)CSc2nnnn2C2CC2)c2nccn2C)c1. The highest BCUT2D eigenvalue weighted by Gasteiger charge is 2.28. The molecule has 3 aromatic rings. The van der Waals surface area contributed by atoms with Crippen molar-refractivity contribution in [1.82, 2.24) is 35.1 Å². The van der Waals surface area contributed by atoms with Crippen molar-refractivity contribution in [2.75, 3.05) is 20.0 Å². The minimum Gasteiger partial charge on any atom is -0.497 e. The van der Waals surface area contributed by atoms with Gasteiger partial charge in [-0.05, 0) is 41.0 Å². The highest BCUT2D eigenvalue weighted by Crippen LogP contribution is 2.36. The fourth-order valence-corrected chi connectivity index (χ4v) is 3.87. The first-order chi connectivity index (χ1) is 14.6. The maximum Gasteiger partial charge on any atom is 0.231 e. The molecule has 158 valence electrons. The van der Waals surface area contributed by atoms with Gasteiger partial charge in [-0.3, -0.25) is 4.79 Å².